The number of carbonyl (C=O) groups is 2. The van der Waals surface area contributed by atoms with E-state index in [4.69, 9.17) is 14.2 Å². The van der Waals surface area contributed by atoms with E-state index < -0.39 is 16.4 Å². The summed E-state index contributed by atoms with van der Waals surface area (Å²) in [7, 11) is 3.31. The summed E-state index contributed by atoms with van der Waals surface area (Å²) in [6.45, 7) is 6.16. The minimum absolute atomic E-state index is 0. The molecule has 11 heteroatoms. The maximum Gasteiger partial charge on any atom is 1.00 e. The monoisotopic (exact) mass is 850 g/mol. The summed E-state index contributed by atoms with van der Waals surface area (Å²) in [6, 6.07) is 26.2. The molecule has 4 rings (SSSR count). The number of aliphatic hydroxyl groups is 1. The van der Waals surface area contributed by atoms with Gasteiger partial charge in [-0.1, -0.05) is 145 Å². The van der Waals surface area contributed by atoms with Crippen molar-refractivity contribution in [2.24, 2.45) is 10.8 Å². The molecule has 0 aliphatic carbocycles. The third-order valence-electron chi connectivity index (χ3n) is 12.8. The molecule has 0 aromatic heterocycles. The summed E-state index contributed by atoms with van der Waals surface area (Å²) in [6.07, 6.45) is 19.9. The molecular formula is C51H74LiN2O8-. The minimum Gasteiger partial charge on any atom is -0.870 e. The van der Waals surface area contributed by atoms with Crippen molar-refractivity contribution in [2.75, 3.05) is 47.1 Å². The standard InChI is InChI=1S/C51H73N2O7.Li.H2O/c1-49(40-55)38-53(48(57)27-21-14-10-9-13-20-26-47(56)52-36-22-15-11-7-5-6-8-12-16-23-37-54)39-50(49,2)41-60-51(42-24-18-17-19-25-42,43-28-32-45(58-3)33-29-43)44-30-34-46(59-4)35-31-44;;/h17-19,24-25,28-35,55H,5-16,20-23,26-27,36,38-41H2,1-4H3,(H,52,56);;1H2/q-1;+1;/p-1. The number of methoxy groups -OCH3 is 2. The molecule has 0 spiro atoms. The first-order chi connectivity index (χ1) is 29.1. The van der Waals surface area contributed by atoms with Crippen LogP contribution in [0.4, 0.5) is 0 Å². The molecule has 3 N–H and O–H groups in total. The van der Waals surface area contributed by atoms with Gasteiger partial charge in [0, 0.05) is 43.3 Å². The molecule has 1 aliphatic rings. The number of aliphatic hydroxyl groups excluding tert-OH is 1. The molecule has 1 saturated heterocycles. The van der Waals surface area contributed by atoms with Crippen LogP contribution in [0.15, 0.2) is 78.9 Å². The summed E-state index contributed by atoms with van der Waals surface area (Å²) in [4.78, 5) is 38.2. The Labute approximate surface area is 384 Å². The van der Waals surface area contributed by atoms with Crippen LogP contribution in [0.25, 0.3) is 0 Å². The van der Waals surface area contributed by atoms with Gasteiger partial charge in [0.15, 0.2) is 0 Å². The van der Waals surface area contributed by atoms with E-state index in [-0.39, 0.29) is 42.8 Å². The fourth-order valence-corrected chi connectivity index (χ4v) is 8.56. The summed E-state index contributed by atoms with van der Waals surface area (Å²) in [5.41, 5.74) is 0.723. The molecule has 2 unspecified atom stereocenters. The Kier molecular flexibility index (Phi) is 25.4. The van der Waals surface area contributed by atoms with E-state index in [2.05, 4.69) is 31.3 Å². The summed E-state index contributed by atoms with van der Waals surface area (Å²) in [5.74, 6) is 1.77. The Morgan fingerprint density at radius 1 is 0.661 bits per heavy atom. The topological polar surface area (TPSA) is 144 Å². The first-order valence-electron chi connectivity index (χ1n) is 22.6. The van der Waals surface area contributed by atoms with Crippen molar-refractivity contribution < 1.29 is 58.0 Å². The predicted octanol–water partition coefficient (Wildman–Crippen LogP) is 6.93. The predicted molar refractivity (Wildman–Crippen MR) is 242 cm³/mol. The average Bonchev–Trinajstić information content (AvgIpc) is 3.55. The number of amides is 2. The second-order valence-corrected chi connectivity index (χ2v) is 17.4. The van der Waals surface area contributed by atoms with Gasteiger partial charge >= 0.3 is 18.9 Å². The zero-order valence-electron chi connectivity index (χ0n) is 38.6. The Morgan fingerprint density at radius 3 is 1.61 bits per heavy atom. The fourth-order valence-electron chi connectivity index (χ4n) is 8.56. The average molecular weight is 850 g/mol. The molecule has 0 radical (unpaired) electrons. The van der Waals surface area contributed by atoms with E-state index in [1.54, 1.807) is 14.2 Å². The number of ether oxygens (including phenoxy) is 3. The van der Waals surface area contributed by atoms with Crippen molar-refractivity contribution in [3.05, 3.63) is 95.6 Å². The van der Waals surface area contributed by atoms with E-state index in [0.29, 0.717) is 39.0 Å². The number of hydrogen-bond donors (Lipinski definition) is 2. The zero-order valence-corrected chi connectivity index (χ0v) is 38.6. The Hall–Kier alpha value is -3.65. The number of benzene rings is 3. The van der Waals surface area contributed by atoms with Gasteiger partial charge in [-0.15, -0.1) is 0 Å². The maximum atomic E-state index is 13.7. The maximum absolute atomic E-state index is 13.7. The zero-order chi connectivity index (χ0) is 43.1. The second-order valence-electron chi connectivity index (χ2n) is 17.4. The SMILES string of the molecule is COc1ccc(C(OCC2(C)CN(C(=O)CCCCCCCCC(=O)NCCCCCCCCCCC[C-]=O)CC2(C)CO)(c2ccccc2)c2ccc(OC)cc2)cc1.[Li+].[OH-]. The van der Waals surface area contributed by atoms with Gasteiger partial charge in [0.1, 0.15) is 17.1 Å². The molecule has 0 saturated carbocycles. The number of nitrogens with zero attached hydrogens (tertiary/aromatic N) is 1. The minimum atomic E-state index is -1.00. The van der Waals surface area contributed by atoms with Crippen LogP contribution in [-0.4, -0.2) is 80.7 Å². The number of carbonyl (C=O) groups excluding carboxylic acids is 3. The first-order valence-corrected chi connectivity index (χ1v) is 22.6. The van der Waals surface area contributed by atoms with E-state index >= 15 is 0 Å². The van der Waals surface area contributed by atoms with Gasteiger partial charge in [0.05, 0.1) is 27.4 Å². The molecule has 1 fully saturated rings. The van der Waals surface area contributed by atoms with Gasteiger partial charge in [-0.3, -0.25) is 15.9 Å². The smallest absolute Gasteiger partial charge is 0.870 e. The summed E-state index contributed by atoms with van der Waals surface area (Å²) < 4.78 is 18.3. The Balaban J connectivity index is 0.00000661. The van der Waals surface area contributed by atoms with Crippen LogP contribution >= 0.6 is 0 Å². The molecule has 3 aromatic rings. The van der Waals surface area contributed by atoms with Crippen molar-refractivity contribution in [2.45, 2.75) is 135 Å². The van der Waals surface area contributed by atoms with Crippen LogP contribution in [0, 0.1) is 10.8 Å². The van der Waals surface area contributed by atoms with Crippen molar-refractivity contribution >= 4 is 18.1 Å². The molecule has 10 nitrogen and oxygen atoms in total. The molecule has 1 heterocycles. The Morgan fingerprint density at radius 2 is 1.11 bits per heavy atom. The number of likely N-dealkylation sites (tertiary alicyclic amines) is 1. The van der Waals surface area contributed by atoms with Crippen molar-refractivity contribution in [3.8, 4) is 11.5 Å². The third kappa shape index (κ3) is 15.9. The number of unbranched alkanes of at least 4 members (excludes halogenated alkanes) is 14. The molecule has 0 bridgehead atoms. The molecule has 3 aromatic carbocycles. The van der Waals surface area contributed by atoms with Crippen molar-refractivity contribution in [3.63, 3.8) is 0 Å². The second kappa shape index (κ2) is 28.9. The van der Waals surface area contributed by atoms with Gasteiger partial charge in [-0.2, -0.15) is 6.42 Å². The summed E-state index contributed by atoms with van der Waals surface area (Å²) >= 11 is 0. The Bertz CT molecular complexity index is 1640. The van der Waals surface area contributed by atoms with Crippen LogP contribution in [0.1, 0.15) is 146 Å². The van der Waals surface area contributed by atoms with Crippen molar-refractivity contribution in [1.82, 2.24) is 10.2 Å². The first kappa shape index (κ1) is 54.5. The van der Waals surface area contributed by atoms with Gasteiger partial charge in [0.25, 0.3) is 0 Å². The number of nitrogens with one attached hydrogen (secondary N) is 1. The molecular weight excluding hydrogens is 776 g/mol. The summed E-state index contributed by atoms with van der Waals surface area (Å²) in [5, 5.41) is 14.0. The van der Waals surface area contributed by atoms with Crippen molar-refractivity contribution in [1.29, 1.82) is 0 Å². The van der Waals surface area contributed by atoms with Crippen LogP contribution in [0.5, 0.6) is 11.5 Å². The fraction of sp³-hybridized carbons (Fsp3) is 0.588. The molecule has 1 aliphatic heterocycles. The van der Waals surface area contributed by atoms with E-state index in [9.17, 15) is 19.5 Å². The van der Waals surface area contributed by atoms with Gasteiger partial charge in [-0.25, -0.2) is 0 Å². The molecule has 2 amide bonds. The number of hydrogen-bond acceptors (Lipinski definition) is 8. The normalized spacial score (nSPS) is 17.1. The molecule has 2 atom stereocenters. The van der Waals surface area contributed by atoms with E-state index in [0.717, 1.165) is 98.9 Å². The van der Waals surface area contributed by atoms with Crippen LogP contribution in [-0.2, 0) is 24.7 Å². The van der Waals surface area contributed by atoms with E-state index in [1.165, 1.54) is 32.1 Å². The van der Waals surface area contributed by atoms with Crippen LogP contribution < -0.4 is 33.7 Å². The third-order valence-corrected chi connectivity index (χ3v) is 12.8. The van der Waals surface area contributed by atoms with Gasteiger partial charge in [0.2, 0.25) is 11.8 Å². The van der Waals surface area contributed by atoms with Crippen LogP contribution in [0.2, 0.25) is 0 Å². The van der Waals surface area contributed by atoms with Crippen LogP contribution in [0.3, 0.4) is 0 Å². The number of rotatable bonds is 30. The van der Waals surface area contributed by atoms with Gasteiger partial charge in [-0.05, 0) is 60.2 Å². The largest absolute Gasteiger partial charge is 1.00 e. The van der Waals surface area contributed by atoms with E-state index in [1.807, 2.05) is 77.9 Å². The molecule has 338 valence electrons. The quantitative estimate of drug-likeness (QED) is 0.0318. The van der Waals surface area contributed by atoms with Gasteiger partial charge < -0.3 is 39.8 Å². The molecule has 62 heavy (non-hydrogen) atoms.